The number of halogens is 3. The molecular formula is C15H20F3N3. The van der Waals surface area contributed by atoms with E-state index in [1.807, 2.05) is 6.92 Å². The number of rotatable bonds is 6. The molecule has 1 aliphatic carbocycles. The summed E-state index contributed by atoms with van der Waals surface area (Å²) in [7, 11) is 0. The highest BCUT2D eigenvalue weighted by atomic mass is 19.4. The summed E-state index contributed by atoms with van der Waals surface area (Å²) < 4.78 is 38.8. The molecule has 0 spiro atoms. The number of benzene rings is 1. The molecule has 1 aromatic rings. The molecule has 2 rings (SSSR count). The Hall–Kier alpha value is -1.72. The Balaban J connectivity index is 2.34. The lowest BCUT2D eigenvalue weighted by atomic mass is 10.0. The summed E-state index contributed by atoms with van der Waals surface area (Å²) in [6.45, 7) is 3.69. The molecular weight excluding hydrogens is 279 g/mol. The SMILES string of the molecule is CCCN(CC1CC1)c1ccc(C(F)(F)F)c(C(=N)N)c1. The van der Waals surface area contributed by atoms with E-state index in [0.29, 0.717) is 11.6 Å². The summed E-state index contributed by atoms with van der Waals surface area (Å²) in [5.74, 6) is 0.0895. The van der Waals surface area contributed by atoms with Crippen LogP contribution in [0, 0.1) is 11.3 Å². The number of nitrogen functional groups attached to an aromatic ring is 1. The van der Waals surface area contributed by atoms with Gasteiger partial charge in [0.25, 0.3) is 0 Å². The summed E-state index contributed by atoms with van der Waals surface area (Å²) in [6.07, 6.45) is -1.21. The van der Waals surface area contributed by atoms with Gasteiger partial charge in [0.05, 0.1) is 5.56 Å². The smallest absolute Gasteiger partial charge is 0.384 e. The van der Waals surface area contributed by atoms with Crippen molar-refractivity contribution in [2.45, 2.75) is 32.4 Å². The Morgan fingerprint density at radius 2 is 2.05 bits per heavy atom. The van der Waals surface area contributed by atoms with Crippen molar-refractivity contribution < 1.29 is 13.2 Å². The van der Waals surface area contributed by atoms with Crippen LogP contribution in [0.3, 0.4) is 0 Å². The van der Waals surface area contributed by atoms with Crippen LogP contribution in [0.5, 0.6) is 0 Å². The number of nitrogens with zero attached hydrogens (tertiary/aromatic N) is 1. The van der Waals surface area contributed by atoms with E-state index in [4.69, 9.17) is 11.1 Å². The van der Waals surface area contributed by atoms with Gasteiger partial charge < -0.3 is 10.6 Å². The maximum Gasteiger partial charge on any atom is 0.417 e. The van der Waals surface area contributed by atoms with Crippen molar-refractivity contribution in [2.24, 2.45) is 11.7 Å². The Kier molecular flexibility index (Phi) is 4.44. The van der Waals surface area contributed by atoms with Crippen LogP contribution in [-0.4, -0.2) is 18.9 Å². The Bertz CT molecular complexity index is 521. The molecule has 21 heavy (non-hydrogen) atoms. The Morgan fingerprint density at radius 1 is 1.38 bits per heavy atom. The quantitative estimate of drug-likeness (QED) is 0.622. The predicted molar refractivity (Wildman–Crippen MR) is 77.7 cm³/mol. The summed E-state index contributed by atoms with van der Waals surface area (Å²) in [6, 6.07) is 3.90. The van der Waals surface area contributed by atoms with Crippen LogP contribution in [0.15, 0.2) is 18.2 Å². The van der Waals surface area contributed by atoms with Crippen molar-refractivity contribution in [1.82, 2.24) is 0 Å². The Labute approximate surface area is 122 Å². The van der Waals surface area contributed by atoms with Crippen LogP contribution in [0.25, 0.3) is 0 Å². The molecule has 0 unspecified atom stereocenters. The minimum absolute atomic E-state index is 0.239. The first-order valence-corrected chi connectivity index (χ1v) is 7.13. The van der Waals surface area contributed by atoms with E-state index < -0.39 is 17.6 Å². The maximum absolute atomic E-state index is 12.9. The van der Waals surface area contributed by atoms with Crippen LogP contribution in [0.2, 0.25) is 0 Å². The summed E-state index contributed by atoms with van der Waals surface area (Å²) in [4.78, 5) is 2.09. The molecule has 3 nitrogen and oxygen atoms in total. The van der Waals surface area contributed by atoms with Gasteiger partial charge >= 0.3 is 6.18 Å². The maximum atomic E-state index is 12.9. The van der Waals surface area contributed by atoms with E-state index in [-0.39, 0.29) is 5.56 Å². The minimum Gasteiger partial charge on any atom is -0.384 e. The molecule has 0 amide bonds. The van der Waals surface area contributed by atoms with Gasteiger partial charge in [-0.25, -0.2) is 0 Å². The third-order valence-corrected chi connectivity index (χ3v) is 3.63. The van der Waals surface area contributed by atoms with Crippen molar-refractivity contribution in [3.05, 3.63) is 29.3 Å². The van der Waals surface area contributed by atoms with Gasteiger partial charge in [-0.2, -0.15) is 13.2 Å². The number of hydrogen-bond acceptors (Lipinski definition) is 2. The second-order valence-electron chi connectivity index (χ2n) is 5.53. The number of anilines is 1. The fourth-order valence-electron chi connectivity index (χ4n) is 2.41. The standard InChI is InChI=1S/C15H20F3N3/c1-2-7-21(9-10-3-4-10)11-5-6-13(15(16,17)18)12(8-11)14(19)20/h5-6,8,10H,2-4,7,9H2,1H3,(H3,19,20). The number of alkyl halides is 3. The second kappa shape index (κ2) is 5.95. The van der Waals surface area contributed by atoms with Crippen molar-refractivity contribution in [3.63, 3.8) is 0 Å². The molecule has 116 valence electrons. The largest absolute Gasteiger partial charge is 0.417 e. The zero-order valence-electron chi connectivity index (χ0n) is 12.0. The zero-order chi connectivity index (χ0) is 15.6. The summed E-state index contributed by atoms with van der Waals surface area (Å²) in [5.41, 5.74) is 4.96. The van der Waals surface area contributed by atoms with Crippen molar-refractivity contribution >= 4 is 11.5 Å². The predicted octanol–water partition coefficient (Wildman–Crippen LogP) is 3.62. The molecule has 0 aliphatic heterocycles. The van der Waals surface area contributed by atoms with E-state index in [0.717, 1.165) is 25.6 Å². The fraction of sp³-hybridized carbons (Fsp3) is 0.533. The first-order valence-electron chi connectivity index (χ1n) is 7.13. The summed E-state index contributed by atoms with van der Waals surface area (Å²) >= 11 is 0. The number of amidine groups is 1. The second-order valence-corrected chi connectivity index (χ2v) is 5.53. The molecule has 0 aromatic heterocycles. The highest BCUT2D eigenvalue weighted by Crippen LogP contribution is 2.35. The van der Waals surface area contributed by atoms with Gasteiger partial charge in [0, 0.05) is 24.3 Å². The highest BCUT2D eigenvalue weighted by molar-refractivity contribution is 5.97. The Morgan fingerprint density at radius 3 is 2.52 bits per heavy atom. The number of nitrogens with two attached hydrogens (primary N) is 1. The van der Waals surface area contributed by atoms with Gasteiger partial charge in [-0.05, 0) is 43.4 Å². The van der Waals surface area contributed by atoms with Gasteiger partial charge in [0.2, 0.25) is 0 Å². The average Bonchev–Trinajstić information content (AvgIpc) is 3.20. The van der Waals surface area contributed by atoms with Crippen LogP contribution in [0.4, 0.5) is 18.9 Å². The van der Waals surface area contributed by atoms with Gasteiger partial charge in [-0.15, -0.1) is 0 Å². The first kappa shape index (κ1) is 15.7. The van der Waals surface area contributed by atoms with Crippen molar-refractivity contribution in [1.29, 1.82) is 5.41 Å². The lowest BCUT2D eigenvalue weighted by molar-refractivity contribution is -0.137. The van der Waals surface area contributed by atoms with Gasteiger partial charge in [-0.3, -0.25) is 5.41 Å². The van der Waals surface area contributed by atoms with Crippen LogP contribution in [0.1, 0.15) is 37.3 Å². The van der Waals surface area contributed by atoms with Gasteiger partial charge in [0.1, 0.15) is 5.84 Å². The van der Waals surface area contributed by atoms with E-state index in [1.165, 1.54) is 25.0 Å². The minimum atomic E-state index is -4.49. The van der Waals surface area contributed by atoms with Crippen LogP contribution >= 0.6 is 0 Å². The van der Waals surface area contributed by atoms with E-state index >= 15 is 0 Å². The monoisotopic (exact) mass is 299 g/mol. The van der Waals surface area contributed by atoms with Crippen LogP contribution < -0.4 is 10.6 Å². The molecule has 6 heteroatoms. The molecule has 1 fully saturated rings. The third kappa shape index (κ3) is 3.89. The van der Waals surface area contributed by atoms with E-state index in [1.54, 1.807) is 0 Å². The van der Waals surface area contributed by atoms with Crippen LogP contribution in [-0.2, 0) is 6.18 Å². The highest BCUT2D eigenvalue weighted by Gasteiger charge is 2.34. The first-order chi connectivity index (χ1) is 9.82. The zero-order valence-corrected chi connectivity index (χ0v) is 12.0. The lowest BCUT2D eigenvalue weighted by Gasteiger charge is -2.25. The molecule has 0 atom stereocenters. The van der Waals surface area contributed by atoms with Crippen molar-refractivity contribution in [2.75, 3.05) is 18.0 Å². The molecule has 1 aromatic carbocycles. The molecule has 3 N–H and O–H groups in total. The molecule has 0 bridgehead atoms. The molecule has 0 heterocycles. The van der Waals surface area contributed by atoms with Gasteiger partial charge in [-0.1, -0.05) is 6.92 Å². The fourth-order valence-corrected chi connectivity index (χ4v) is 2.41. The normalized spacial score (nSPS) is 15.0. The molecule has 0 saturated heterocycles. The topological polar surface area (TPSA) is 53.1 Å². The van der Waals surface area contributed by atoms with E-state index in [9.17, 15) is 13.2 Å². The average molecular weight is 299 g/mol. The van der Waals surface area contributed by atoms with Crippen molar-refractivity contribution in [3.8, 4) is 0 Å². The lowest BCUT2D eigenvalue weighted by Crippen LogP contribution is -2.27. The summed E-state index contributed by atoms with van der Waals surface area (Å²) in [5, 5.41) is 7.41. The number of nitrogens with one attached hydrogen (secondary N) is 1. The third-order valence-electron chi connectivity index (χ3n) is 3.63. The number of hydrogen-bond donors (Lipinski definition) is 2. The van der Waals surface area contributed by atoms with Gasteiger partial charge in [0.15, 0.2) is 0 Å². The van der Waals surface area contributed by atoms with E-state index in [2.05, 4.69) is 4.90 Å². The molecule has 1 aliphatic rings. The molecule has 0 radical (unpaired) electrons. The molecule has 1 saturated carbocycles.